The van der Waals surface area contributed by atoms with Crippen LogP contribution in [0.25, 0.3) is 0 Å². The summed E-state index contributed by atoms with van der Waals surface area (Å²) in [7, 11) is 0. The fourth-order valence-corrected chi connectivity index (χ4v) is 3.42. The van der Waals surface area contributed by atoms with E-state index in [9.17, 15) is 0 Å². The van der Waals surface area contributed by atoms with Crippen LogP contribution in [0.1, 0.15) is 44.6 Å². The van der Waals surface area contributed by atoms with E-state index in [1.807, 2.05) is 0 Å². The van der Waals surface area contributed by atoms with Crippen LogP contribution in [0.3, 0.4) is 0 Å². The molecule has 21 heavy (non-hydrogen) atoms. The average Bonchev–Trinajstić information content (AvgIpc) is 2.56. The molecular weight excluding hydrogens is 262 g/mol. The van der Waals surface area contributed by atoms with Crippen molar-refractivity contribution in [2.75, 3.05) is 26.3 Å². The summed E-state index contributed by atoms with van der Waals surface area (Å²) < 4.78 is 12.6. The third-order valence-corrected chi connectivity index (χ3v) is 4.72. The summed E-state index contributed by atoms with van der Waals surface area (Å²) in [6.45, 7) is 5.80. The van der Waals surface area contributed by atoms with Gasteiger partial charge in [0, 0.05) is 11.6 Å². The number of hydrogen-bond donors (Lipinski definition) is 0. The number of morpholine rings is 1. The van der Waals surface area contributed by atoms with Gasteiger partial charge in [0.15, 0.2) is 0 Å². The standard InChI is InChI=1S/C18H27NO2/c1-2-3-13-20-18(16-9-5-4-6-10-16)15-19-12-8-7-11-17(19)14-21-18/h4-6,9-10,17H,2-3,7-8,11-15H2,1H3. The normalized spacial score (nSPS) is 30.0. The lowest BCUT2D eigenvalue weighted by Crippen LogP contribution is -2.57. The number of nitrogens with zero attached hydrogens (tertiary/aromatic N) is 1. The molecule has 3 heteroatoms. The fourth-order valence-electron chi connectivity index (χ4n) is 3.42. The molecule has 2 aliphatic heterocycles. The van der Waals surface area contributed by atoms with Crippen molar-refractivity contribution < 1.29 is 9.47 Å². The van der Waals surface area contributed by atoms with Crippen LogP contribution in [0.15, 0.2) is 30.3 Å². The molecule has 1 aromatic carbocycles. The Balaban J connectivity index is 1.79. The van der Waals surface area contributed by atoms with E-state index in [2.05, 4.69) is 42.2 Å². The quantitative estimate of drug-likeness (QED) is 0.774. The highest BCUT2D eigenvalue weighted by Crippen LogP contribution is 2.35. The van der Waals surface area contributed by atoms with Crippen LogP contribution in [0.4, 0.5) is 0 Å². The molecule has 2 saturated heterocycles. The zero-order valence-corrected chi connectivity index (χ0v) is 13.1. The van der Waals surface area contributed by atoms with Crippen LogP contribution < -0.4 is 0 Å². The Labute approximate surface area is 128 Å². The van der Waals surface area contributed by atoms with Crippen LogP contribution in [-0.2, 0) is 15.3 Å². The van der Waals surface area contributed by atoms with Crippen molar-refractivity contribution >= 4 is 0 Å². The van der Waals surface area contributed by atoms with E-state index < -0.39 is 5.79 Å². The number of ether oxygens (including phenoxy) is 2. The Morgan fingerprint density at radius 1 is 1.29 bits per heavy atom. The van der Waals surface area contributed by atoms with Gasteiger partial charge in [-0.1, -0.05) is 50.1 Å². The summed E-state index contributed by atoms with van der Waals surface area (Å²) >= 11 is 0. The zero-order valence-electron chi connectivity index (χ0n) is 13.1. The smallest absolute Gasteiger partial charge is 0.208 e. The largest absolute Gasteiger partial charge is 0.345 e. The molecule has 0 aliphatic carbocycles. The molecule has 0 aromatic heterocycles. The number of piperidine rings is 1. The molecule has 2 aliphatic rings. The van der Waals surface area contributed by atoms with Crippen LogP contribution in [0.5, 0.6) is 0 Å². The molecule has 0 amide bonds. The number of rotatable bonds is 5. The van der Waals surface area contributed by atoms with E-state index in [1.165, 1.54) is 25.8 Å². The molecule has 0 spiro atoms. The summed E-state index contributed by atoms with van der Waals surface area (Å²) in [6.07, 6.45) is 6.13. The summed E-state index contributed by atoms with van der Waals surface area (Å²) in [5, 5.41) is 0. The number of hydrogen-bond acceptors (Lipinski definition) is 3. The molecule has 1 aromatic rings. The van der Waals surface area contributed by atoms with Crippen molar-refractivity contribution in [3.05, 3.63) is 35.9 Å². The number of fused-ring (bicyclic) bond motifs is 1. The molecule has 3 rings (SSSR count). The van der Waals surface area contributed by atoms with Gasteiger partial charge < -0.3 is 9.47 Å². The second-order valence-electron chi connectivity index (χ2n) is 6.25. The summed E-state index contributed by atoms with van der Waals surface area (Å²) in [5.41, 5.74) is 1.16. The van der Waals surface area contributed by atoms with Gasteiger partial charge in [0.2, 0.25) is 5.79 Å². The molecule has 0 saturated carbocycles. The third-order valence-electron chi connectivity index (χ3n) is 4.72. The maximum Gasteiger partial charge on any atom is 0.208 e. The van der Waals surface area contributed by atoms with Crippen molar-refractivity contribution in [2.45, 2.75) is 50.9 Å². The first kappa shape index (κ1) is 15.0. The first-order chi connectivity index (χ1) is 10.3. The van der Waals surface area contributed by atoms with Gasteiger partial charge in [-0.3, -0.25) is 4.90 Å². The molecule has 2 atom stereocenters. The Bertz CT molecular complexity index is 432. The van der Waals surface area contributed by atoms with Gasteiger partial charge in [-0.2, -0.15) is 0 Å². The van der Waals surface area contributed by atoms with Crippen molar-refractivity contribution in [2.24, 2.45) is 0 Å². The molecular formula is C18H27NO2. The monoisotopic (exact) mass is 289 g/mol. The van der Waals surface area contributed by atoms with Crippen molar-refractivity contribution in [1.29, 1.82) is 0 Å². The average molecular weight is 289 g/mol. The molecule has 2 heterocycles. The van der Waals surface area contributed by atoms with Crippen molar-refractivity contribution in [3.8, 4) is 0 Å². The Morgan fingerprint density at radius 3 is 2.95 bits per heavy atom. The number of unbranched alkanes of at least 4 members (excludes halogenated alkanes) is 1. The minimum atomic E-state index is -0.565. The van der Waals surface area contributed by atoms with Gasteiger partial charge in [-0.25, -0.2) is 0 Å². The highest BCUT2D eigenvalue weighted by atomic mass is 16.7. The Hall–Kier alpha value is -0.900. The van der Waals surface area contributed by atoms with Gasteiger partial charge in [0.25, 0.3) is 0 Å². The van der Waals surface area contributed by atoms with Crippen molar-refractivity contribution in [3.63, 3.8) is 0 Å². The van der Waals surface area contributed by atoms with E-state index >= 15 is 0 Å². The Kier molecular flexibility index (Phi) is 4.94. The summed E-state index contributed by atoms with van der Waals surface area (Å²) in [4.78, 5) is 2.58. The topological polar surface area (TPSA) is 21.7 Å². The zero-order chi connectivity index (χ0) is 14.5. The van der Waals surface area contributed by atoms with E-state index in [0.717, 1.165) is 38.2 Å². The maximum atomic E-state index is 6.30. The highest BCUT2D eigenvalue weighted by Gasteiger charge is 2.43. The van der Waals surface area contributed by atoms with Gasteiger partial charge >= 0.3 is 0 Å². The lowest BCUT2D eigenvalue weighted by Gasteiger charge is -2.48. The van der Waals surface area contributed by atoms with Gasteiger partial charge in [-0.15, -0.1) is 0 Å². The van der Waals surface area contributed by atoms with E-state index in [-0.39, 0.29) is 0 Å². The minimum absolute atomic E-state index is 0.565. The molecule has 0 N–H and O–H groups in total. The second-order valence-corrected chi connectivity index (χ2v) is 6.25. The Morgan fingerprint density at radius 2 is 2.14 bits per heavy atom. The first-order valence-corrected chi connectivity index (χ1v) is 8.41. The summed E-state index contributed by atoms with van der Waals surface area (Å²) in [6, 6.07) is 11.1. The SMILES string of the molecule is CCCCOC1(c2ccccc2)CN2CCCCC2CO1. The lowest BCUT2D eigenvalue weighted by atomic mass is 9.96. The highest BCUT2D eigenvalue weighted by molar-refractivity contribution is 5.21. The molecule has 116 valence electrons. The maximum absolute atomic E-state index is 6.30. The minimum Gasteiger partial charge on any atom is -0.345 e. The van der Waals surface area contributed by atoms with Gasteiger partial charge in [0.1, 0.15) is 0 Å². The van der Waals surface area contributed by atoms with Crippen LogP contribution in [0, 0.1) is 0 Å². The first-order valence-electron chi connectivity index (χ1n) is 8.41. The molecule has 0 bridgehead atoms. The lowest BCUT2D eigenvalue weighted by molar-refractivity contribution is -0.290. The number of benzene rings is 1. The van der Waals surface area contributed by atoms with Crippen LogP contribution >= 0.6 is 0 Å². The van der Waals surface area contributed by atoms with Crippen molar-refractivity contribution in [1.82, 2.24) is 4.90 Å². The van der Waals surface area contributed by atoms with E-state index in [1.54, 1.807) is 0 Å². The summed E-state index contributed by atoms with van der Waals surface area (Å²) in [5.74, 6) is -0.565. The third kappa shape index (κ3) is 3.31. The molecule has 3 nitrogen and oxygen atoms in total. The molecule has 2 unspecified atom stereocenters. The predicted octanol–water partition coefficient (Wildman–Crippen LogP) is 3.54. The van der Waals surface area contributed by atoms with Gasteiger partial charge in [-0.05, 0) is 25.8 Å². The van der Waals surface area contributed by atoms with Gasteiger partial charge in [0.05, 0.1) is 19.8 Å². The van der Waals surface area contributed by atoms with Crippen LogP contribution in [0.2, 0.25) is 0 Å². The second kappa shape index (κ2) is 6.91. The molecule has 0 radical (unpaired) electrons. The van der Waals surface area contributed by atoms with Crippen LogP contribution in [-0.4, -0.2) is 37.2 Å². The fraction of sp³-hybridized carbons (Fsp3) is 0.667. The van der Waals surface area contributed by atoms with E-state index in [0.29, 0.717) is 6.04 Å². The molecule has 2 fully saturated rings. The predicted molar refractivity (Wildman–Crippen MR) is 84.1 cm³/mol. The van der Waals surface area contributed by atoms with E-state index in [4.69, 9.17) is 9.47 Å².